The summed E-state index contributed by atoms with van der Waals surface area (Å²) in [7, 11) is 1.35. The maximum atomic E-state index is 13.2. The summed E-state index contributed by atoms with van der Waals surface area (Å²) in [4.78, 5) is 11.4. The molecule has 0 aromatic heterocycles. The Morgan fingerprint density at radius 2 is 1.94 bits per heavy atom. The van der Waals surface area contributed by atoms with Gasteiger partial charge in [0, 0.05) is 25.8 Å². The normalized spacial score (nSPS) is 12.3. The van der Waals surface area contributed by atoms with Crippen LogP contribution in [-0.4, -0.2) is 37.4 Å². The summed E-state index contributed by atoms with van der Waals surface area (Å²) in [5.41, 5.74) is -0.888. The lowest BCUT2D eigenvalue weighted by Crippen LogP contribution is -2.35. The zero-order valence-corrected chi connectivity index (χ0v) is 9.54. The molecular formula is C11H12F3NO3. The number of carbonyl (C=O) groups is 1. The number of ether oxygens (including phenoxy) is 1. The highest BCUT2D eigenvalue weighted by Gasteiger charge is 2.19. The molecular weight excluding hydrogens is 251 g/mol. The van der Waals surface area contributed by atoms with Gasteiger partial charge in [0.2, 0.25) is 0 Å². The summed E-state index contributed by atoms with van der Waals surface area (Å²) in [6, 6.07) is 0.813. The molecule has 0 saturated carbocycles. The van der Waals surface area contributed by atoms with E-state index >= 15 is 0 Å². The highest BCUT2D eigenvalue weighted by atomic mass is 19.1. The summed E-state index contributed by atoms with van der Waals surface area (Å²) >= 11 is 0. The minimum Gasteiger partial charge on any atom is -0.389 e. The lowest BCUT2D eigenvalue weighted by Gasteiger charge is -2.11. The topological polar surface area (TPSA) is 58.6 Å². The van der Waals surface area contributed by atoms with Crippen LogP contribution in [0, 0.1) is 17.5 Å². The van der Waals surface area contributed by atoms with Gasteiger partial charge in [-0.05, 0) is 0 Å². The van der Waals surface area contributed by atoms with Crippen molar-refractivity contribution in [3.8, 4) is 0 Å². The summed E-state index contributed by atoms with van der Waals surface area (Å²) in [5, 5.41) is 11.4. The fourth-order valence-electron chi connectivity index (χ4n) is 1.31. The Labute approximate surface area is 101 Å². The maximum Gasteiger partial charge on any atom is 0.257 e. The van der Waals surface area contributed by atoms with Crippen LogP contribution in [0.1, 0.15) is 10.4 Å². The fourth-order valence-corrected chi connectivity index (χ4v) is 1.31. The minimum absolute atomic E-state index is 0.0331. The molecule has 0 spiro atoms. The third kappa shape index (κ3) is 3.71. The predicted molar refractivity (Wildman–Crippen MR) is 56.5 cm³/mol. The van der Waals surface area contributed by atoms with Crippen LogP contribution in [0.2, 0.25) is 0 Å². The molecule has 0 aliphatic carbocycles. The Hall–Kier alpha value is -1.60. The van der Waals surface area contributed by atoms with Crippen LogP contribution in [0.15, 0.2) is 12.1 Å². The number of amides is 1. The van der Waals surface area contributed by atoms with Crippen LogP contribution < -0.4 is 5.32 Å². The molecule has 1 rings (SSSR count). The molecule has 2 N–H and O–H groups in total. The molecule has 1 atom stereocenters. The van der Waals surface area contributed by atoms with Gasteiger partial charge >= 0.3 is 0 Å². The lowest BCUT2D eigenvalue weighted by atomic mass is 10.1. The number of hydrogen-bond acceptors (Lipinski definition) is 3. The Kier molecular flexibility index (Phi) is 5.11. The van der Waals surface area contributed by atoms with Crippen molar-refractivity contribution >= 4 is 5.91 Å². The van der Waals surface area contributed by atoms with Gasteiger partial charge in [-0.25, -0.2) is 13.2 Å². The van der Waals surface area contributed by atoms with Crippen LogP contribution in [-0.2, 0) is 4.74 Å². The number of nitrogens with one attached hydrogen (secondary N) is 1. The standard InChI is InChI=1S/C11H12F3NO3/c1-18-5-7(16)4-15-11(17)10-8(13)2-6(12)3-9(10)14/h2-3,7,16H,4-5H2,1H3,(H,15,17). The molecule has 0 saturated heterocycles. The van der Waals surface area contributed by atoms with Crippen molar-refractivity contribution in [2.24, 2.45) is 0 Å². The van der Waals surface area contributed by atoms with Crippen molar-refractivity contribution in [1.82, 2.24) is 5.32 Å². The van der Waals surface area contributed by atoms with Gasteiger partial charge in [-0.2, -0.15) is 0 Å². The number of aliphatic hydroxyl groups is 1. The zero-order chi connectivity index (χ0) is 13.7. The number of carbonyl (C=O) groups excluding carboxylic acids is 1. The van der Waals surface area contributed by atoms with E-state index in [1.165, 1.54) is 7.11 Å². The molecule has 7 heteroatoms. The second-order valence-corrected chi connectivity index (χ2v) is 3.56. The summed E-state index contributed by atoms with van der Waals surface area (Å²) in [6.07, 6.45) is -0.995. The summed E-state index contributed by atoms with van der Waals surface area (Å²) in [6.45, 7) is -0.266. The van der Waals surface area contributed by atoms with E-state index in [4.69, 9.17) is 0 Å². The minimum atomic E-state index is -1.30. The van der Waals surface area contributed by atoms with Crippen molar-refractivity contribution in [1.29, 1.82) is 0 Å². The van der Waals surface area contributed by atoms with E-state index in [9.17, 15) is 23.1 Å². The van der Waals surface area contributed by atoms with Crippen molar-refractivity contribution in [2.75, 3.05) is 20.3 Å². The highest BCUT2D eigenvalue weighted by Crippen LogP contribution is 2.14. The van der Waals surface area contributed by atoms with E-state index in [0.717, 1.165) is 0 Å². The zero-order valence-electron chi connectivity index (χ0n) is 9.54. The second kappa shape index (κ2) is 6.36. The first-order valence-electron chi connectivity index (χ1n) is 5.05. The number of halogens is 3. The van der Waals surface area contributed by atoms with Crippen LogP contribution in [0.3, 0.4) is 0 Å². The number of rotatable bonds is 5. The number of aliphatic hydroxyl groups excluding tert-OH is 1. The smallest absolute Gasteiger partial charge is 0.257 e. The Morgan fingerprint density at radius 1 is 1.39 bits per heavy atom. The molecule has 0 heterocycles. The molecule has 1 amide bonds. The molecule has 0 aliphatic heterocycles. The van der Waals surface area contributed by atoms with Crippen LogP contribution in [0.25, 0.3) is 0 Å². The Morgan fingerprint density at radius 3 is 2.44 bits per heavy atom. The second-order valence-electron chi connectivity index (χ2n) is 3.56. The molecule has 1 aromatic rings. The third-order valence-electron chi connectivity index (χ3n) is 2.09. The quantitative estimate of drug-likeness (QED) is 0.827. The van der Waals surface area contributed by atoms with E-state index in [1.54, 1.807) is 0 Å². The van der Waals surface area contributed by atoms with Gasteiger partial charge in [0.1, 0.15) is 23.0 Å². The van der Waals surface area contributed by atoms with Gasteiger partial charge in [0.05, 0.1) is 12.7 Å². The van der Waals surface area contributed by atoms with E-state index in [1.807, 2.05) is 0 Å². The first-order valence-corrected chi connectivity index (χ1v) is 5.05. The summed E-state index contributed by atoms with van der Waals surface area (Å²) < 4.78 is 43.6. The van der Waals surface area contributed by atoms with Gasteiger partial charge in [-0.3, -0.25) is 4.79 Å². The SMILES string of the molecule is COCC(O)CNC(=O)c1c(F)cc(F)cc1F. The van der Waals surface area contributed by atoms with E-state index in [2.05, 4.69) is 10.1 Å². The van der Waals surface area contributed by atoms with Crippen molar-refractivity contribution in [2.45, 2.75) is 6.10 Å². The molecule has 0 bridgehead atoms. The predicted octanol–water partition coefficient (Wildman–Crippen LogP) is 0.841. The molecule has 1 aromatic carbocycles. The number of methoxy groups -OCH3 is 1. The molecule has 0 aliphatic rings. The summed E-state index contributed by atoms with van der Waals surface area (Å²) in [5.74, 6) is -4.78. The first kappa shape index (κ1) is 14.5. The van der Waals surface area contributed by atoms with Gasteiger partial charge < -0.3 is 15.2 Å². The monoisotopic (exact) mass is 263 g/mol. The third-order valence-corrected chi connectivity index (χ3v) is 2.09. The van der Waals surface area contributed by atoms with Crippen LogP contribution in [0.5, 0.6) is 0 Å². The van der Waals surface area contributed by atoms with Crippen LogP contribution in [0.4, 0.5) is 13.2 Å². The van der Waals surface area contributed by atoms with Crippen molar-refractivity contribution in [3.63, 3.8) is 0 Å². The van der Waals surface area contributed by atoms with Gasteiger partial charge in [0.25, 0.3) is 5.91 Å². The van der Waals surface area contributed by atoms with E-state index in [0.29, 0.717) is 12.1 Å². The molecule has 0 radical (unpaired) electrons. The van der Waals surface area contributed by atoms with Gasteiger partial charge in [-0.15, -0.1) is 0 Å². The molecule has 1 unspecified atom stereocenters. The van der Waals surface area contributed by atoms with Crippen molar-refractivity contribution < 1.29 is 27.8 Å². The van der Waals surface area contributed by atoms with Crippen LogP contribution >= 0.6 is 0 Å². The molecule has 0 fully saturated rings. The van der Waals surface area contributed by atoms with E-state index < -0.39 is 35.0 Å². The van der Waals surface area contributed by atoms with Crippen molar-refractivity contribution in [3.05, 3.63) is 35.1 Å². The fraction of sp³-hybridized carbons (Fsp3) is 0.364. The molecule has 100 valence electrons. The molecule has 18 heavy (non-hydrogen) atoms. The van der Waals surface area contributed by atoms with E-state index in [-0.39, 0.29) is 13.2 Å². The van der Waals surface area contributed by atoms with Gasteiger partial charge in [-0.1, -0.05) is 0 Å². The Bertz CT molecular complexity index is 417. The first-order chi connectivity index (χ1) is 8.45. The average Bonchev–Trinajstić information content (AvgIpc) is 2.25. The van der Waals surface area contributed by atoms with Gasteiger partial charge in [0.15, 0.2) is 0 Å². The highest BCUT2D eigenvalue weighted by molar-refractivity contribution is 5.94. The average molecular weight is 263 g/mol. The maximum absolute atomic E-state index is 13.2. The number of benzene rings is 1. The molecule has 4 nitrogen and oxygen atoms in total. The lowest BCUT2D eigenvalue weighted by molar-refractivity contribution is 0.0607. The number of hydrogen-bond donors (Lipinski definition) is 2. The Balaban J connectivity index is 2.73. The largest absolute Gasteiger partial charge is 0.389 e.